The van der Waals surface area contributed by atoms with Crippen molar-refractivity contribution in [3.8, 4) is 11.1 Å². The Morgan fingerprint density at radius 1 is 0.268 bits per heavy atom. The number of hydrogen-bond acceptors (Lipinski definition) is 0. The molecule has 0 heterocycles. The Hall–Kier alpha value is -3.90. The zero-order chi connectivity index (χ0) is 27.3. The number of hydrogen-bond donors (Lipinski definition) is 0. The van der Waals surface area contributed by atoms with Crippen LogP contribution in [0.2, 0.25) is 0 Å². The van der Waals surface area contributed by atoms with Crippen molar-refractivity contribution in [1.82, 2.24) is 0 Å². The lowest BCUT2D eigenvalue weighted by atomic mass is 10.0. The molecule has 0 amide bonds. The summed E-state index contributed by atoms with van der Waals surface area (Å²) in [5, 5.41) is 0. The molecule has 218 valence electrons. The largest absolute Gasteiger partial charge is 0.0776 e. The van der Waals surface area contributed by atoms with Crippen LogP contribution in [-0.4, -0.2) is 0 Å². The van der Waals surface area contributed by atoms with Crippen molar-refractivity contribution in [1.29, 1.82) is 0 Å². The molecule has 0 atom stereocenters. The summed E-state index contributed by atoms with van der Waals surface area (Å²) < 4.78 is 0. The molecule has 0 spiro atoms. The highest BCUT2D eigenvalue weighted by atomic mass is 14.0. The highest BCUT2D eigenvalue weighted by molar-refractivity contribution is 5.63. The number of rotatable bonds is 4. The molecule has 0 nitrogen and oxygen atoms in total. The minimum absolute atomic E-state index is 0. The molecule has 5 aromatic carbocycles. The molecule has 0 unspecified atom stereocenters. The van der Waals surface area contributed by atoms with E-state index >= 15 is 0 Å². The maximum absolute atomic E-state index is 2.23. The summed E-state index contributed by atoms with van der Waals surface area (Å²) in [6.45, 7) is 12.7. The average molecular weight is 547 g/mol. The summed E-state index contributed by atoms with van der Waals surface area (Å²) in [6, 6.07) is 43.4. The second kappa shape index (κ2) is 19.2. The molecule has 0 saturated heterocycles. The molecule has 0 aliphatic heterocycles. The van der Waals surface area contributed by atoms with E-state index in [1.54, 1.807) is 0 Å². The lowest BCUT2D eigenvalue weighted by Crippen LogP contribution is -1.91. The van der Waals surface area contributed by atoms with Gasteiger partial charge >= 0.3 is 0 Å². The Bertz CT molecular complexity index is 1230. The molecule has 0 aromatic heterocycles. The topological polar surface area (TPSA) is 0 Å². The third-order valence-corrected chi connectivity index (χ3v) is 6.60. The minimum Gasteiger partial charge on any atom is -0.0776 e. The van der Waals surface area contributed by atoms with Crippen LogP contribution in [0.4, 0.5) is 0 Å². The van der Waals surface area contributed by atoms with E-state index in [0.717, 1.165) is 12.8 Å². The Morgan fingerprint density at radius 2 is 0.439 bits per heavy atom. The highest BCUT2D eigenvalue weighted by Gasteiger charge is 1.96. The van der Waals surface area contributed by atoms with Crippen LogP contribution in [-0.2, 0) is 12.8 Å². The molecule has 0 aliphatic carbocycles. The maximum atomic E-state index is 2.23. The fourth-order valence-corrected chi connectivity index (χ4v) is 3.93. The summed E-state index contributed by atoms with van der Waals surface area (Å²) in [5.74, 6) is 0. The van der Waals surface area contributed by atoms with E-state index in [1.807, 2.05) is 0 Å². The first-order valence-electron chi connectivity index (χ1n) is 13.6. The second-order valence-corrected chi connectivity index (χ2v) is 10.4. The van der Waals surface area contributed by atoms with Gasteiger partial charge in [-0.3, -0.25) is 0 Å². The van der Waals surface area contributed by atoms with Crippen LogP contribution in [0.3, 0.4) is 0 Å². The van der Waals surface area contributed by atoms with Crippen molar-refractivity contribution in [2.24, 2.45) is 0 Å². The van der Waals surface area contributed by atoms with E-state index < -0.39 is 0 Å². The van der Waals surface area contributed by atoms with Gasteiger partial charge in [0.05, 0.1) is 0 Å². The summed E-state index contributed by atoms with van der Waals surface area (Å²) in [6.07, 6.45) is 2.26. The smallest absolute Gasteiger partial charge is 0.0184 e. The average Bonchev–Trinajstić information content (AvgIpc) is 2.93. The van der Waals surface area contributed by atoms with Crippen molar-refractivity contribution in [2.45, 2.75) is 76.7 Å². The molecule has 0 aliphatic rings. The van der Waals surface area contributed by atoms with Gasteiger partial charge in [0.2, 0.25) is 0 Å². The van der Waals surface area contributed by atoms with Crippen molar-refractivity contribution in [2.75, 3.05) is 0 Å². The third kappa shape index (κ3) is 13.8. The van der Waals surface area contributed by atoms with Gasteiger partial charge in [-0.1, -0.05) is 177 Å². The highest BCUT2D eigenvalue weighted by Crippen LogP contribution is 2.19. The molecule has 0 bridgehead atoms. The lowest BCUT2D eigenvalue weighted by molar-refractivity contribution is 0.958. The monoisotopic (exact) mass is 546 g/mol. The van der Waals surface area contributed by atoms with Crippen LogP contribution >= 0.6 is 0 Å². The van der Waals surface area contributed by atoms with Gasteiger partial charge in [0, 0.05) is 0 Å². The Labute approximate surface area is 253 Å². The van der Waals surface area contributed by atoms with Gasteiger partial charge in [0.15, 0.2) is 0 Å². The van der Waals surface area contributed by atoms with Crippen molar-refractivity contribution in [3.63, 3.8) is 0 Å². The van der Waals surface area contributed by atoms with E-state index in [2.05, 4.69) is 163 Å². The third-order valence-electron chi connectivity index (χ3n) is 6.60. The Kier molecular flexibility index (Phi) is 17.4. The molecule has 41 heavy (non-hydrogen) atoms. The summed E-state index contributed by atoms with van der Waals surface area (Å²) >= 11 is 0. The molecule has 0 heteroatoms. The van der Waals surface area contributed by atoms with Gasteiger partial charge in [-0.25, -0.2) is 0 Å². The lowest BCUT2D eigenvalue weighted by Gasteiger charge is -2.03. The molecule has 0 fully saturated rings. The van der Waals surface area contributed by atoms with Crippen molar-refractivity contribution in [3.05, 3.63) is 166 Å². The van der Waals surface area contributed by atoms with Gasteiger partial charge in [-0.05, 0) is 76.6 Å². The van der Waals surface area contributed by atoms with E-state index in [0.29, 0.717) is 0 Å². The van der Waals surface area contributed by atoms with Gasteiger partial charge in [-0.2, -0.15) is 0 Å². The van der Waals surface area contributed by atoms with Gasteiger partial charge < -0.3 is 0 Å². The van der Waals surface area contributed by atoms with Crippen molar-refractivity contribution < 1.29 is 0 Å². The SMILES string of the molecule is C.C.C.Cc1ccc(-c2ccc(C)cc2)cc1.Cc1ccc(C)cc1.Cc1ccc(CCc2ccc(C)cc2)cc1. The standard InChI is InChI=1S/C16H18.C14H14.C8H10.3CH4/c1-13-3-7-15(8-4-13)11-12-16-9-5-14(2)6-10-16;1-11-3-7-13(8-4-11)14-9-5-12(2)6-10-14;1-7-3-5-8(2)6-4-7;;;/h3-10H,11-12H2,1-2H3;3-10H,1-2H3;3-6H,1-2H3;3*1H4. The number of benzene rings is 5. The predicted octanol–water partition coefficient (Wildman–Crippen LogP) is 12.3. The summed E-state index contributed by atoms with van der Waals surface area (Å²) in [4.78, 5) is 0. The summed E-state index contributed by atoms with van der Waals surface area (Å²) in [5.41, 5.74) is 13.4. The zero-order valence-electron chi connectivity index (χ0n) is 24.0. The van der Waals surface area contributed by atoms with Gasteiger partial charge in [-0.15, -0.1) is 0 Å². The fraction of sp³-hybridized carbons (Fsp3) is 0.268. The van der Waals surface area contributed by atoms with Crippen LogP contribution < -0.4 is 0 Å². The van der Waals surface area contributed by atoms with Crippen LogP contribution in [0.5, 0.6) is 0 Å². The van der Waals surface area contributed by atoms with Crippen LogP contribution in [0, 0.1) is 41.5 Å². The Morgan fingerprint density at radius 3 is 0.659 bits per heavy atom. The van der Waals surface area contributed by atoms with Crippen molar-refractivity contribution >= 4 is 0 Å². The molecule has 0 saturated carbocycles. The van der Waals surface area contributed by atoms with E-state index in [4.69, 9.17) is 0 Å². The first kappa shape index (κ1) is 37.1. The Balaban J connectivity index is 0.000000591. The maximum Gasteiger partial charge on any atom is -0.0184 e. The fourth-order valence-electron chi connectivity index (χ4n) is 3.93. The van der Waals surface area contributed by atoms with Crippen LogP contribution in [0.15, 0.2) is 121 Å². The normalized spacial score (nSPS) is 9.32. The van der Waals surface area contributed by atoms with Crippen LogP contribution in [0.25, 0.3) is 11.1 Å². The van der Waals surface area contributed by atoms with Gasteiger partial charge in [0.25, 0.3) is 0 Å². The first-order valence-corrected chi connectivity index (χ1v) is 13.6. The van der Waals surface area contributed by atoms with Gasteiger partial charge in [0.1, 0.15) is 0 Å². The molecule has 5 aromatic rings. The second-order valence-electron chi connectivity index (χ2n) is 10.4. The van der Waals surface area contributed by atoms with E-state index in [9.17, 15) is 0 Å². The van der Waals surface area contributed by atoms with E-state index in [-0.39, 0.29) is 22.3 Å². The molecular weight excluding hydrogens is 492 g/mol. The quantitative estimate of drug-likeness (QED) is 0.210. The first-order chi connectivity index (χ1) is 18.3. The predicted molar refractivity (Wildman–Crippen MR) is 187 cm³/mol. The minimum atomic E-state index is 0. The van der Waals surface area contributed by atoms with E-state index in [1.165, 1.54) is 55.6 Å². The summed E-state index contributed by atoms with van der Waals surface area (Å²) in [7, 11) is 0. The molecule has 0 radical (unpaired) electrons. The molecular formula is C41H54. The zero-order valence-corrected chi connectivity index (χ0v) is 24.0. The number of aryl methyl sites for hydroxylation is 8. The molecule has 5 rings (SSSR count). The van der Waals surface area contributed by atoms with Crippen LogP contribution in [0.1, 0.15) is 66.8 Å². The molecule has 0 N–H and O–H groups in total.